The van der Waals surface area contributed by atoms with Gasteiger partial charge in [-0.3, -0.25) is 4.79 Å². The molecule has 0 unspecified atom stereocenters. The van der Waals surface area contributed by atoms with E-state index in [9.17, 15) is 4.79 Å². The molecule has 0 aliphatic rings. The van der Waals surface area contributed by atoms with E-state index < -0.39 is 0 Å². The Hall–Kier alpha value is -3.65. The molecule has 34 heavy (non-hydrogen) atoms. The van der Waals surface area contributed by atoms with Crippen molar-refractivity contribution >= 4 is 28.3 Å². The average molecular weight is 477 g/mol. The van der Waals surface area contributed by atoms with E-state index in [0.717, 1.165) is 39.3 Å². The van der Waals surface area contributed by atoms with Gasteiger partial charge in [-0.25, -0.2) is 4.98 Å². The van der Waals surface area contributed by atoms with Gasteiger partial charge in [0, 0.05) is 36.6 Å². The number of carbonyl (C=O) groups is 1. The van der Waals surface area contributed by atoms with Crippen LogP contribution in [0.4, 0.5) is 10.8 Å². The molecule has 0 aliphatic heterocycles. The molecular weight excluding hydrogens is 448 g/mol. The molecule has 0 saturated carbocycles. The lowest BCUT2D eigenvalue weighted by Crippen LogP contribution is -2.27. The third-order valence-corrected chi connectivity index (χ3v) is 6.37. The summed E-state index contributed by atoms with van der Waals surface area (Å²) in [6, 6.07) is 17.6. The van der Waals surface area contributed by atoms with Crippen molar-refractivity contribution in [2.45, 2.75) is 33.2 Å². The lowest BCUT2D eigenvalue weighted by molar-refractivity contribution is -0.116. The maximum Gasteiger partial charge on any atom is 0.226 e. The normalized spacial score (nSPS) is 10.8. The van der Waals surface area contributed by atoms with Crippen LogP contribution in [-0.2, 0) is 17.8 Å². The standard InChI is InChI=1S/C26H28N4O3S/c1-18-9-10-21(14-19(18)2)27-25(31)11-12-30(17-23-8-5-13-33-23)26-28-24(29-34-26)16-20-6-4-7-22(15-20)32-3/h4-10,13-15H,11-12,16-17H2,1-3H3,(H,27,31). The van der Waals surface area contributed by atoms with Crippen molar-refractivity contribution in [3.8, 4) is 5.75 Å². The second kappa shape index (κ2) is 11.0. The Morgan fingerprint density at radius 3 is 2.76 bits per heavy atom. The minimum atomic E-state index is -0.0474. The number of amides is 1. The summed E-state index contributed by atoms with van der Waals surface area (Å²) < 4.78 is 15.4. The van der Waals surface area contributed by atoms with Gasteiger partial charge >= 0.3 is 0 Å². The molecule has 8 heteroatoms. The minimum absolute atomic E-state index is 0.0474. The highest BCUT2D eigenvalue weighted by Gasteiger charge is 2.17. The number of aryl methyl sites for hydroxylation is 2. The number of methoxy groups -OCH3 is 1. The van der Waals surface area contributed by atoms with E-state index in [1.807, 2.05) is 66.4 Å². The number of benzene rings is 2. The number of nitrogens with one attached hydrogen (secondary N) is 1. The van der Waals surface area contributed by atoms with Crippen LogP contribution < -0.4 is 15.0 Å². The molecule has 0 radical (unpaired) electrons. The Morgan fingerprint density at radius 2 is 2.00 bits per heavy atom. The average Bonchev–Trinajstić information content (AvgIpc) is 3.51. The SMILES string of the molecule is COc1cccc(Cc2nsc(N(CCC(=O)Nc3ccc(C)c(C)c3)Cc3ccco3)n2)c1. The van der Waals surface area contributed by atoms with Crippen LogP contribution in [-0.4, -0.2) is 28.9 Å². The van der Waals surface area contributed by atoms with Gasteiger partial charge in [-0.1, -0.05) is 18.2 Å². The predicted octanol–water partition coefficient (Wildman–Crippen LogP) is 5.38. The van der Waals surface area contributed by atoms with Crippen LogP contribution in [0.5, 0.6) is 5.75 Å². The van der Waals surface area contributed by atoms with E-state index in [1.54, 1.807) is 13.4 Å². The van der Waals surface area contributed by atoms with E-state index in [1.165, 1.54) is 17.1 Å². The lowest BCUT2D eigenvalue weighted by Gasteiger charge is -2.20. The van der Waals surface area contributed by atoms with Crippen LogP contribution in [0, 0.1) is 13.8 Å². The Bertz CT molecular complexity index is 1240. The molecule has 2 aromatic heterocycles. The Labute approximate surface area is 203 Å². The van der Waals surface area contributed by atoms with E-state index >= 15 is 0 Å². The van der Waals surface area contributed by atoms with Crippen LogP contribution in [0.1, 0.15) is 34.7 Å². The van der Waals surface area contributed by atoms with Crippen LogP contribution in [0.15, 0.2) is 65.3 Å². The largest absolute Gasteiger partial charge is 0.497 e. The first-order chi connectivity index (χ1) is 16.5. The highest BCUT2D eigenvalue weighted by Crippen LogP contribution is 2.23. The third kappa shape index (κ3) is 6.23. The molecule has 1 amide bonds. The van der Waals surface area contributed by atoms with Gasteiger partial charge in [0.15, 0.2) is 0 Å². The molecule has 0 spiro atoms. The van der Waals surface area contributed by atoms with E-state index in [0.29, 0.717) is 25.9 Å². The van der Waals surface area contributed by atoms with Gasteiger partial charge < -0.3 is 19.4 Å². The maximum atomic E-state index is 12.6. The van der Waals surface area contributed by atoms with Gasteiger partial charge in [0.25, 0.3) is 0 Å². The summed E-state index contributed by atoms with van der Waals surface area (Å²) >= 11 is 1.33. The number of nitrogens with zero attached hydrogens (tertiary/aromatic N) is 3. The van der Waals surface area contributed by atoms with Gasteiger partial charge in [-0.2, -0.15) is 4.37 Å². The smallest absolute Gasteiger partial charge is 0.226 e. The van der Waals surface area contributed by atoms with Gasteiger partial charge in [0.2, 0.25) is 11.0 Å². The number of hydrogen-bond donors (Lipinski definition) is 1. The molecule has 1 N–H and O–H groups in total. The molecule has 0 saturated heterocycles. The molecule has 176 valence electrons. The zero-order chi connectivity index (χ0) is 23.9. The highest BCUT2D eigenvalue weighted by atomic mass is 32.1. The molecule has 4 aromatic rings. The predicted molar refractivity (Wildman–Crippen MR) is 135 cm³/mol. The maximum absolute atomic E-state index is 12.6. The molecule has 7 nitrogen and oxygen atoms in total. The van der Waals surface area contributed by atoms with Crippen molar-refractivity contribution in [3.05, 3.63) is 89.1 Å². The highest BCUT2D eigenvalue weighted by molar-refractivity contribution is 7.09. The van der Waals surface area contributed by atoms with E-state index in [-0.39, 0.29) is 5.91 Å². The first-order valence-electron chi connectivity index (χ1n) is 11.1. The van der Waals surface area contributed by atoms with Crippen LogP contribution in [0.25, 0.3) is 0 Å². The Morgan fingerprint density at radius 1 is 1.12 bits per heavy atom. The van der Waals surface area contributed by atoms with Crippen molar-refractivity contribution < 1.29 is 13.9 Å². The molecule has 0 fully saturated rings. The number of hydrogen-bond acceptors (Lipinski definition) is 7. The van der Waals surface area contributed by atoms with Crippen molar-refractivity contribution in [1.29, 1.82) is 0 Å². The lowest BCUT2D eigenvalue weighted by atomic mass is 10.1. The second-order valence-corrected chi connectivity index (χ2v) is 8.85. The van der Waals surface area contributed by atoms with Crippen LogP contribution in [0.2, 0.25) is 0 Å². The van der Waals surface area contributed by atoms with E-state index in [4.69, 9.17) is 14.1 Å². The topological polar surface area (TPSA) is 80.5 Å². The first kappa shape index (κ1) is 23.5. The van der Waals surface area contributed by atoms with Crippen molar-refractivity contribution in [2.75, 3.05) is 23.9 Å². The summed E-state index contributed by atoms with van der Waals surface area (Å²) in [5.74, 6) is 2.30. The van der Waals surface area contributed by atoms with Crippen LogP contribution in [0.3, 0.4) is 0 Å². The van der Waals surface area contributed by atoms with Gasteiger partial charge in [0.1, 0.15) is 17.3 Å². The van der Waals surface area contributed by atoms with E-state index in [2.05, 4.69) is 16.6 Å². The van der Waals surface area contributed by atoms with Crippen molar-refractivity contribution in [1.82, 2.24) is 9.36 Å². The summed E-state index contributed by atoms with van der Waals surface area (Å²) in [6.07, 6.45) is 2.57. The number of rotatable bonds is 10. The number of ether oxygens (including phenoxy) is 1. The van der Waals surface area contributed by atoms with Gasteiger partial charge in [-0.05, 0) is 66.9 Å². The van der Waals surface area contributed by atoms with Crippen molar-refractivity contribution in [3.63, 3.8) is 0 Å². The number of furan rings is 1. The number of anilines is 2. The van der Waals surface area contributed by atoms with Gasteiger partial charge in [-0.15, -0.1) is 0 Å². The Kier molecular flexibility index (Phi) is 7.59. The number of carbonyl (C=O) groups excluding carboxylic acids is 1. The summed E-state index contributed by atoms with van der Waals surface area (Å²) in [5.41, 5.74) is 4.23. The first-order valence-corrected chi connectivity index (χ1v) is 11.9. The molecule has 0 aliphatic carbocycles. The minimum Gasteiger partial charge on any atom is -0.497 e. The molecular formula is C26H28N4O3S. The zero-order valence-corrected chi connectivity index (χ0v) is 20.4. The Balaban J connectivity index is 1.43. The fraction of sp³-hybridized carbons (Fsp3) is 0.269. The fourth-order valence-corrected chi connectivity index (χ4v) is 4.23. The second-order valence-electron chi connectivity index (χ2n) is 8.12. The molecule has 0 bridgehead atoms. The molecule has 2 aromatic carbocycles. The third-order valence-electron chi connectivity index (χ3n) is 5.55. The van der Waals surface area contributed by atoms with Gasteiger partial charge in [0.05, 0.1) is 19.9 Å². The van der Waals surface area contributed by atoms with Crippen LogP contribution >= 0.6 is 11.5 Å². The fourth-order valence-electron chi connectivity index (χ4n) is 3.52. The summed E-state index contributed by atoms with van der Waals surface area (Å²) in [5, 5.41) is 3.75. The molecule has 2 heterocycles. The molecule has 4 rings (SSSR count). The quantitative estimate of drug-likeness (QED) is 0.331. The zero-order valence-electron chi connectivity index (χ0n) is 19.6. The summed E-state index contributed by atoms with van der Waals surface area (Å²) in [4.78, 5) is 19.4. The number of aromatic nitrogens is 2. The summed E-state index contributed by atoms with van der Waals surface area (Å²) in [6.45, 7) is 5.09. The monoisotopic (exact) mass is 476 g/mol. The summed E-state index contributed by atoms with van der Waals surface area (Å²) in [7, 11) is 1.65. The molecule has 0 atom stereocenters. The van der Waals surface area contributed by atoms with Crippen molar-refractivity contribution in [2.24, 2.45) is 0 Å².